The molecule has 0 fully saturated rings. The molecule has 0 heterocycles. The van der Waals surface area contributed by atoms with E-state index in [2.05, 4.69) is 10.6 Å². The first-order valence-corrected chi connectivity index (χ1v) is 18.2. The van der Waals surface area contributed by atoms with Crippen LogP contribution in [0.5, 0.6) is 11.5 Å². The van der Waals surface area contributed by atoms with Gasteiger partial charge in [-0.1, -0.05) is 50.6 Å². The molecule has 2 atom stereocenters. The Kier molecular flexibility index (Phi) is 15.2. The SMILES string of the molecule is COc1ccccc1SSc1ccc(OC)c(C(=O)NC(CC(C)C)C(=O)OC(C)(C)C)c1C(=O)NC(CC(C)C)C(=O)OC(C)(C)C. The molecule has 0 aliphatic carbocycles. The van der Waals surface area contributed by atoms with Crippen LogP contribution >= 0.6 is 21.6 Å². The molecule has 2 amide bonds. The molecule has 2 unspecified atom stereocenters. The topological polar surface area (TPSA) is 129 Å². The fraction of sp³-hybridized carbons (Fsp3) is 0.556. The number of hydrogen-bond donors (Lipinski definition) is 2. The highest BCUT2D eigenvalue weighted by Crippen LogP contribution is 2.44. The predicted octanol–water partition coefficient (Wildman–Crippen LogP) is 7.48. The van der Waals surface area contributed by atoms with Gasteiger partial charge in [0.1, 0.15) is 34.8 Å². The Balaban J connectivity index is 2.70. The van der Waals surface area contributed by atoms with Crippen LogP contribution in [-0.2, 0) is 19.1 Å². The van der Waals surface area contributed by atoms with Gasteiger partial charge < -0.3 is 29.6 Å². The summed E-state index contributed by atoms with van der Waals surface area (Å²) in [6.45, 7) is 18.3. The fourth-order valence-electron chi connectivity index (χ4n) is 4.61. The standard InChI is InChI=1S/C36H52N2O8S2/c1-21(2)19-23(33(41)45-35(5,6)7)37-31(39)29-26(44-12)17-18-28(48-47-27-16-14-13-15-25(27)43-11)30(29)32(40)38-24(20-22(3)4)34(42)46-36(8,9)10/h13-18,21-24H,19-20H2,1-12H3,(H,37,39)(H,38,40). The van der Waals surface area contributed by atoms with Gasteiger partial charge in [0.25, 0.3) is 11.8 Å². The maximum absolute atomic E-state index is 14.3. The van der Waals surface area contributed by atoms with Crippen molar-refractivity contribution in [3.8, 4) is 11.5 Å². The summed E-state index contributed by atoms with van der Waals surface area (Å²) >= 11 is 0. The molecule has 2 rings (SSSR count). The van der Waals surface area contributed by atoms with Crippen LogP contribution in [0.25, 0.3) is 0 Å². The Morgan fingerprint density at radius 1 is 0.625 bits per heavy atom. The Morgan fingerprint density at radius 3 is 1.50 bits per heavy atom. The quantitative estimate of drug-likeness (QED) is 0.142. The number of esters is 2. The smallest absolute Gasteiger partial charge is 0.329 e. The normalized spacial score (nSPS) is 13.0. The van der Waals surface area contributed by atoms with E-state index in [0.717, 1.165) is 4.90 Å². The van der Waals surface area contributed by atoms with E-state index < -0.39 is 47.0 Å². The van der Waals surface area contributed by atoms with Crippen LogP contribution in [0.2, 0.25) is 0 Å². The Labute approximate surface area is 293 Å². The van der Waals surface area contributed by atoms with Crippen LogP contribution in [-0.4, -0.2) is 61.3 Å². The second-order valence-electron chi connectivity index (χ2n) is 14.2. The number of para-hydroxylation sites is 1. The number of hydrogen-bond acceptors (Lipinski definition) is 10. The summed E-state index contributed by atoms with van der Waals surface area (Å²) in [5, 5.41) is 5.66. The van der Waals surface area contributed by atoms with Crippen molar-refractivity contribution in [3.63, 3.8) is 0 Å². The number of carbonyl (C=O) groups is 4. The summed E-state index contributed by atoms with van der Waals surface area (Å²) in [5.41, 5.74) is -1.65. The average molecular weight is 705 g/mol. The first-order valence-electron chi connectivity index (χ1n) is 16.0. The van der Waals surface area contributed by atoms with E-state index in [-0.39, 0.29) is 28.7 Å². The lowest BCUT2D eigenvalue weighted by molar-refractivity contribution is -0.158. The van der Waals surface area contributed by atoms with E-state index in [9.17, 15) is 19.2 Å². The van der Waals surface area contributed by atoms with Gasteiger partial charge in [-0.25, -0.2) is 9.59 Å². The van der Waals surface area contributed by atoms with E-state index in [0.29, 0.717) is 23.5 Å². The number of benzene rings is 2. The van der Waals surface area contributed by atoms with Crippen LogP contribution < -0.4 is 20.1 Å². The van der Waals surface area contributed by atoms with Gasteiger partial charge in [0.15, 0.2) is 0 Å². The lowest BCUT2D eigenvalue weighted by Gasteiger charge is -2.27. The van der Waals surface area contributed by atoms with Crippen molar-refractivity contribution in [1.82, 2.24) is 10.6 Å². The summed E-state index contributed by atoms with van der Waals surface area (Å²) in [5.74, 6) is -1.70. The molecule has 266 valence electrons. The lowest BCUT2D eigenvalue weighted by atomic mass is 9.99. The molecule has 0 spiro atoms. The first-order chi connectivity index (χ1) is 22.3. The number of nitrogens with one attached hydrogen (secondary N) is 2. The van der Waals surface area contributed by atoms with E-state index in [1.165, 1.54) is 28.7 Å². The maximum Gasteiger partial charge on any atom is 0.329 e. The summed E-state index contributed by atoms with van der Waals surface area (Å²) in [6, 6.07) is 8.73. The summed E-state index contributed by atoms with van der Waals surface area (Å²) in [7, 11) is 5.55. The molecule has 12 heteroatoms. The van der Waals surface area contributed by atoms with Gasteiger partial charge in [-0.3, -0.25) is 9.59 Å². The maximum atomic E-state index is 14.3. The third kappa shape index (κ3) is 12.9. The van der Waals surface area contributed by atoms with Crippen molar-refractivity contribution in [2.75, 3.05) is 14.2 Å². The number of ether oxygens (including phenoxy) is 4. The molecular weight excluding hydrogens is 653 g/mol. The van der Waals surface area contributed by atoms with Gasteiger partial charge >= 0.3 is 11.9 Å². The van der Waals surface area contributed by atoms with E-state index in [1.54, 1.807) is 60.8 Å². The first kappa shape index (κ1) is 40.8. The Bertz CT molecular complexity index is 1430. The highest BCUT2D eigenvalue weighted by molar-refractivity contribution is 8.76. The van der Waals surface area contributed by atoms with E-state index >= 15 is 0 Å². The van der Waals surface area contributed by atoms with Crippen LogP contribution in [0.3, 0.4) is 0 Å². The molecule has 0 bridgehead atoms. The van der Waals surface area contributed by atoms with Gasteiger partial charge in [-0.15, -0.1) is 0 Å². The molecule has 0 radical (unpaired) electrons. The van der Waals surface area contributed by atoms with Gasteiger partial charge in [-0.05, 0) is 101 Å². The van der Waals surface area contributed by atoms with Crippen LogP contribution in [0.1, 0.15) is 103 Å². The Morgan fingerprint density at radius 2 is 1.06 bits per heavy atom. The van der Waals surface area contributed by atoms with Crippen molar-refractivity contribution >= 4 is 45.3 Å². The molecule has 10 nitrogen and oxygen atoms in total. The van der Waals surface area contributed by atoms with Crippen molar-refractivity contribution < 1.29 is 38.1 Å². The third-order valence-corrected chi connectivity index (χ3v) is 8.95. The molecule has 48 heavy (non-hydrogen) atoms. The monoisotopic (exact) mass is 704 g/mol. The molecular formula is C36H52N2O8S2. The zero-order chi connectivity index (χ0) is 36.4. The van der Waals surface area contributed by atoms with E-state index in [4.69, 9.17) is 18.9 Å². The van der Waals surface area contributed by atoms with Gasteiger partial charge in [0.2, 0.25) is 0 Å². The summed E-state index contributed by atoms with van der Waals surface area (Å²) in [4.78, 5) is 56.3. The largest absolute Gasteiger partial charge is 0.496 e. The minimum atomic E-state index is -0.993. The average Bonchev–Trinajstić information content (AvgIpc) is 2.96. The summed E-state index contributed by atoms with van der Waals surface area (Å²) in [6.07, 6.45) is 0.609. The van der Waals surface area contributed by atoms with Crippen LogP contribution in [0, 0.1) is 11.8 Å². The second kappa shape index (κ2) is 17.9. The highest BCUT2D eigenvalue weighted by atomic mass is 33.1. The number of methoxy groups -OCH3 is 2. The molecule has 0 saturated heterocycles. The molecule has 0 saturated carbocycles. The lowest BCUT2D eigenvalue weighted by Crippen LogP contribution is -2.47. The van der Waals surface area contributed by atoms with Crippen LogP contribution in [0.15, 0.2) is 46.2 Å². The molecule has 0 aromatic heterocycles. The van der Waals surface area contributed by atoms with Crippen molar-refractivity contribution in [3.05, 3.63) is 47.5 Å². The van der Waals surface area contributed by atoms with Crippen molar-refractivity contribution in [2.45, 2.75) is 115 Å². The Hall–Kier alpha value is -3.38. The van der Waals surface area contributed by atoms with Crippen LogP contribution in [0.4, 0.5) is 0 Å². The highest BCUT2D eigenvalue weighted by Gasteiger charge is 2.34. The second-order valence-corrected chi connectivity index (χ2v) is 16.4. The summed E-state index contributed by atoms with van der Waals surface area (Å²) < 4.78 is 22.4. The van der Waals surface area contributed by atoms with Crippen molar-refractivity contribution in [1.29, 1.82) is 0 Å². The molecule has 2 aromatic rings. The van der Waals surface area contributed by atoms with E-state index in [1.807, 2.05) is 52.0 Å². The van der Waals surface area contributed by atoms with Gasteiger partial charge in [-0.2, -0.15) is 0 Å². The third-order valence-electron chi connectivity index (χ3n) is 6.50. The fourth-order valence-corrected chi connectivity index (χ4v) is 6.93. The molecule has 0 aliphatic rings. The number of carbonyl (C=O) groups excluding carboxylic acids is 4. The number of amides is 2. The molecule has 2 N–H and O–H groups in total. The molecule has 0 aliphatic heterocycles. The molecule has 2 aromatic carbocycles. The van der Waals surface area contributed by atoms with Gasteiger partial charge in [0.05, 0.1) is 30.2 Å². The predicted molar refractivity (Wildman–Crippen MR) is 191 cm³/mol. The van der Waals surface area contributed by atoms with Crippen molar-refractivity contribution in [2.24, 2.45) is 11.8 Å². The minimum Gasteiger partial charge on any atom is -0.496 e. The number of rotatable bonds is 15. The van der Waals surface area contributed by atoms with Gasteiger partial charge in [0, 0.05) is 4.90 Å². The zero-order valence-corrected chi connectivity index (χ0v) is 31.9. The minimum absolute atomic E-state index is 0.0101. The zero-order valence-electron chi connectivity index (χ0n) is 30.3.